The Labute approximate surface area is 89.8 Å². The molecule has 0 saturated carbocycles. The van der Waals surface area contributed by atoms with Crippen molar-refractivity contribution in [2.45, 2.75) is 6.43 Å². The monoisotopic (exact) mass is 348 g/mol. The zero-order valence-electron chi connectivity index (χ0n) is 5.69. The molecule has 66 valence electrons. The van der Waals surface area contributed by atoms with Gasteiger partial charge in [0.25, 0.3) is 6.43 Å². The second-order valence-electron chi connectivity index (χ2n) is 2.02. The molecule has 6 heteroatoms. The molecule has 0 bridgehead atoms. The van der Waals surface area contributed by atoms with Gasteiger partial charge in [0.2, 0.25) is 0 Å². The zero-order valence-corrected chi connectivity index (χ0v) is 9.43. The molecule has 2 N–H and O–H groups in total. The number of aromatic nitrogens is 1. The standard InChI is InChI=1S/C6H4BrF2IN2/c7-2-1-12-6(10)3(4(2)11)5(8)9/h1,5H,(H2,11,12). The van der Waals surface area contributed by atoms with E-state index in [2.05, 4.69) is 20.9 Å². The Hall–Kier alpha value is 0.0200. The Morgan fingerprint density at radius 2 is 2.17 bits per heavy atom. The van der Waals surface area contributed by atoms with Crippen molar-refractivity contribution in [3.63, 3.8) is 0 Å². The summed E-state index contributed by atoms with van der Waals surface area (Å²) in [6.07, 6.45) is -1.18. The van der Waals surface area contributed by atoms with Crippen LogP contribution in [0.4, 0.5) is 14.5 Å². The Morgan fingerprint density at radius 1 is 1.58 bits per heavy atom. The lowest BCUT2D eigenvalue weighted by Gasteiger charge is -2.07. The van der Waals surface area contributed by atoms with E-state index in [4.69, 9.17) is 5.73 Å². The Kier molecular flexibility index (Phi) is 3.22. The molecule has 2 nitrogen and oxygen atoms in total. The highest BCUT2D eigenvalue weighted by molar-refractivity contribution is 14.1. The molecule has 1 rings (SSSR count). The maximum atomic E-state index is 12.3. The van der Waals surface area contributed by atoms with Crippen LogP contribution in [0.2, 0.25) is 0 Å². The Morgan fingerprint density at radius 3 is 2.58 bits per heavy atom. The molecule has 0 fully saturated rings. The van der Waals surface area contributed by atoms with Gasteiger partial charge in [-0.2, -0.15) is 0 Å². The molecule has 0 aliphatic heterocycles. The van der Waals surface area contributed by atoms with Crippen LogP contribution in [0.1, 0.15) is 12.0 Å². The van der Waals surface area contributed by atoms with E-state index >= 15 is 0 Å². The number of anilines is 1. The van der Waals surface area contributed by atoms with Crippen molar-refractivity contribution < 1.29 is 8.78 Å². The van der Waals surface area contributed by atoms with E-state index in [1.54, 1.807) is 22.6 Å². The van der Waals surface area contributed by atoms with Crippen LogP contribution < -0.4 is 5.73 Å². The highest BCUT2D eigenvalue weighted by Gasteiger charge is 2.17. The number of nitrogens with zero attached hydrogens (tertiary/aromatic N) is 1. The summed E-state index contributed by atoms with van der Waals surface area (Å²) >= 11 is 4.75. The van der Waals surface area contributed by atoms with Crippen LogP contribution in [0.25, 0.3) is 0 Å². The Balaban J connectivity index is 3.33. The summed E-state index contributed by atoms with van der Waals surface area (Å²) in [5, 5.41) is 0. The van der Waals surface area contributed by atoms with Crippen LogP contribution in [0.3, 0.4) is 0 Å². The average Bonchev–Trinajstić information content (AvgIpc) is 1.97. The predicted molar refractivity (Wildman–Crippen MR) is 54.0 cm³/mol. The molecule has 1 aromatic rings. The fraction of sp³-hybridized carbons (Fsp3) is 0.167. The van der Waals surface area contributed by atoms with E-state index in [1.807, 2.05) is 0 Å². The van der Waals surface area contributed by atoms with Gasteiger partial charge in [-0.05, 0) is 38.5 Å². The van der Waals surface area contributed by atoms with Gasteiger partial charge in [-0.25, -0.2) is 13.8 Å². The van der Waals surface area contributed by atoms with E-state index in [-0.39, 0.29) is 15.0 Å². The van der Waals surface area contributed by atoms with Crippen LogP contribution in [-0.4, -0.2) is 4.98 Å². The van der Waals surface area contributed by atoms with Crippen LogP contribution in [0, 0.1) is 3.70 Å². The van der Waals surface area contributed by atoms with Crippen molar-refractivity contribution in [3.05, 3.63) is 19.9 Å². The van der Waals surface area contributed by atoms with Gasteiger partial charge in [0, 0.05) is 6.20 Å². The van der Waals surface area contributed by atoms with Crippen LogP contribution in [0.15, 0.2) is 10.7 Å². The van der Waals surface area contributed by atoms with Gasteiger partial charge in [-0.1, -0.05) is 0 Å². The first-order valence-corrected chi connectivity index (χ1v) is 4.78. The minimum absolute atomic E-state index is 0.0596. The quantitative estimate of drug-likeness (QED) is 0.626. The van der Waals surface area contributed by atoms with Crippen molar-refractivity contribution in [2.24, 2.45) is 0 Å². The van der Waals surface area contributed by atoms with E-state index in [0.29, 0.717) is 4.47 Å². The number of nitrogen functional groups attached to an aromatic ring is 1. The lowest BCUT2D eigenvalue weighted by Crippen LogP contribution is -2.01. The summed E-state index contributed by atoms with van der Waals surface area (Å²) in [6.45, 7) is 0. The predicted octanol–water partition coefficient (Wildman–Crippen LogP) is 2.97. The summed E-state index contributed by atoms with van der Waals surface area (Å²) in [5.74, 6) is 0. The topological polar surface area (TPSA) is 38.9 Å². The van der Waals surface area contributed by atoms with Crippen molar-refractivity contribution >= 4 is 44.2 Å². The van der Waals surface area contributed by atoms with Crippen molar-refractivity contribution in [1.29, 1.82) is 0 Å². The summed E-state index contributed by atoms with van der Waals surface area (Å²) in [5.41, 5.74) is 5.27. The molecule has 0 aromatic carbocycles. The van der Waals surface area contributed by atoms with Crippen molar-refractivity contribution in [1.82, 2.24) is 4.98 Å². The van der Waals surface area contributed by atoms with Crippen molar-refractivity contribution in [3.8, 4) is 0 Å². The van der Waals surface area contributed by atoms with E-state index in [1.165, 1.54) is 6.20 Å². The summed E-state index contributed by atoms with van der Waals surface area (Å²) in [6, 6.07) is 0. The molecule has 0 amide bonds. The molecular weight excluding hydrogens is 345 g/mol. The number of pyridine rings is 1. The molecule has 0 unspecified atom stereocenters. The molecule has 0 aliphatic carbocycles. The molecule has 0 atom stereocenters. The van der Waals surface area contributed by atoms with Gasteiger partial charge in [0.05, 0.1) is 15.7 Å². The van der Waals surface area contributed by atoms with Gasteiger partial charge >= 0.3 is 0 Å². The number of halogens is 4. The van der Waals surface area contributed by atoms with E-state index < -0.39 is 6.43 Å². The first-order valence-electron chi connectivity index (χ1n) is 2.91. The lowest BCUT2D eigenvalue weighted by atomic mass is 10.2. The first kappa shape index (κ1) is 10.1. The highest BCUT2D eigenvalue weighted by atomic mass is 127. The fourth-order valence-corrected chi connectivity index (χ4v) is 1.68. The number of rotatable bonds is 1. The highest BCUT2D eigenvalue weighted by Crippen LogP contribution is 2.32. The van der Waals surface area contributed by atoms with Crippen LogP contribution >= 0.6 is 38.5 Å². The lowest BCUT2D eigenvalue weighted by molar-refractivity contribution is 0.150. The summed E-state index contributed by atoms with van der Waals surface area (Å²) < 4.78 is 25.3. The fourth-order valence-electron chi connectivity index (χ4n) is 0.700. The maximum Gasteiger partial charge on any atom is 0.268 e. The molecular formula is C6H4BrF2IN2. The molecule has 0 radical (unpaired) electrons. The van der Waals surface area contributed by atoms with Crippen molar-refractivity contribution in [2.75, 3.05) is 5.73 Å². The minimum atomic E-state index is -2.58. The zero-order chi connectivity index (χ0) is 9.30. The SMILES string of the molecule is Nc1c(Br)cnc(I)c1C(F)F. The number of hydrogen-bond donors (Lipinski definition) is 1. The normalized spacial score (nSPS) is 10.8. The number of hydrogen-bond acceptors (Lipinski definition) is 2. The number of alkyl halides is 2. The Bertz CT molecular complexity index is 306. The summed E-state index contributed by atoms with van der Waals surface area (Å²) in [7, 11) is 0. The minimum Gasteiger partial charge on any atom is -0.397 e. The van der Waals surface area contributed by atoms with Gasteiger partial charge in [-0.3, -0.25) is 0 Å². The molecule has 0 saturated heterocycles. The van der Waals surface area contributed by atoms with E-state index in [9.17, 15) is 8.78 Å². The largest absolute Gasteiger partial charge is 0.397 e. The molecule has 12 heavy (non-hydrogen) atoms. The summed E-state index contributed by atoms with van der Waals surface area (Å²) in [4.78, 5) is 3.74. The van der Waals surface area contributed by atoms with Crippen LogP contribution in [0.5, 0.6) is 0 Å². The van der Waals surface area contributed by atoms with Crippen LogP contribution in [-0.2, 0) is 0 Å². The average molecular weight is 349 g/mol. The third-order valence-electron chi connectivity index (χ3n) is 1.28. The van der Waals surface area contributed by atoms with E-state index in [0.717, 1.165) is 0 Å². The second kappa shape index (κ2) is 3.82. The molecule has 0 aliphatic rings. The van der Waals surface area contributed by atoms with Gasteiger partial charge in [-0.15, -0.1) is 0 Å². The van der Waals surface area contributed by atoms with Gasteiger partial charge in [0.1, 0.15) is 3.70 Å². The third-order valence-corrected chi connectivity index (χ3v) is 2.77. The molecule has 0 spiro atoms. The first-order chi connectivity index (χ1) is 5.54. The smallest absolute Gasteiger partial charge is 0.268 e. The maximum absolute atomic E-state index is 12.3. The third kappa shape index (κ3) is 1.85. The van der Waals surface area contributed by atoms with Gasteiger partial charge in [0.15, 0.2) is 0 Å². The molecule has 1 aromatic heterocycles. The molecule has 1 heterocycles. The second-order valence-corrected chi connectivity index (χ2v) is 3.90. The van der Waals surface area contributed by atoms with Gasteiger partial charge < -0.3 is 5.73 Å². The number of nitrogens with two attached hydrogens (primary N) is 1.